The molecule has 1 N–H and O–H groups in total. The molecule has 0 radical (unpaired) electrons. The molecule has 1 fully saturated rings. The fourth-order valence-corrected chi connectivity index (χ4v) is 5.20. The second kappa shape index (κ2) is 12.0. The van der Waals surface area contributed by atoms with Gasteiger partial charge in [-0.05, 0) is 64.9 Å². The number of anilines is 2. The molecule has 0 spiro atoms. The number of hydrogen-bond donors (Lipinski definition) is 1. The number of pyridine rings is 1. The van der Waals surface area contributed by atoms with Crippen molar-refractivity contribution in [1.29, 1.82) is 0 Å². The number of nitrogens with zero attached hydrogens (tertiary/aromatic N) is 4. The highest BCUT2D eigenvalue weighted by Crippen LogP contribution is 2.33. The number of fused-ring (bicyclic) bond motifs is 1. The lowest BCUT2D eigenvalue weighted by Gasteiger charge is -2.20. The number of para-hydroxylation sites is 1. The Morgan fingerprint density at radius 2 is 1.86 bits per heavy atom. The number of benzene rings is 3. The van der Waals surface area contributed by atoms with Gasteiger partial charge in [0, 0.05) is 17.3 Å². The Morgan fingerprint density at radius 1 is 1.10 bits per heavy atom. The van der Waals surface area contributed by atoms with Gasteiger partial charge < -0.3 is 10.1 Å². The van der Waals surface area contributed by atoms with E-state index in [1.165, 1.54) is 30.1 Å². The number of ether oxygens (including phenoxy) is 1. The van der Waals surface area contributed by atoms with E-state index in [2.05, 4.69) is 39.1 Å². The number of carbonyl (C=O) groups excluding carboxylic acids is 2. The van der Waals surface area contributed by atoms with Crippen LogP contribution in [0.1, 0.15) is 41.4 Å². The summed E-state index contributed by atoms with van der Waals surface area (Å²) in [5.74, 6) is -0.476. The summed E-state index contributed by atoms with van der Waals surface area (Å²) in [5.41, 5.74) is 2.98. The van der Waals surface area contributed by atoms with Crippen LogP contribution >= 0.6 is 11.8 Å². The fraction of sp³-hybridized carbons (Fsp3) is 0.167. The van der Waals surface area contributed by atoms with E-state index in [-0.39, 0.29) is 29.0 Å². The minimum Gasteiger partial charge on any atom is -0.406 e. The number of nitrogens with one attached hydrogen (secondary N) is 1. The third kappa shape index (κ3) is 6.60. The lowest BCUT2D eigenvalue weighted by Crippen LogP contribution is -2.30. The van der Waals surface area contributed by atoms with Crippen LogP contribution in [0.5, 0.6) is 5.75 Å². The molecule has 2 amide bonds. The Labute approximate surface area is 243 Å². The van der Waals surface area contributed by atoms with Crippen LogP contribution < -0.4 is 15.0 Å². The molecule has 12 heteroatoms. The summed E-state index contributed by atoms with van der Waals surface area (Å²) in [5, 5.41) is 13.0. The van der Waals surface area contributed by atoms with Gasteiger partial charge in [0.1, 0.15) is 11.4 Å². The van der Waals surface area contributed by atoms with E-state index in [9.17, 15) is 22.8 Å². The maximum absolute atomic E-state index is 12.9. The Bertz CT molecular complexity index is 1710. The number of rotatable bonds is 7. The molecule has 2 heterocycles. The van der Waals surface area contributed by atoms with Gasteiger partial charge in [-0.25, -0.2) is 0 Å². The Balaban J connectivity index is 1.33. The van der Waals surface area contributed by atoms with E-state index in [0.29, 0.717) is 16.1 Å². The van der Waals surface area contributed by atoms with Crippen LogP contribution in [0.25, 0.3) is 10.8 Å². The largest absolute Gasteiger partial charge is 0.573 e. The molecule has 5 rings (SSSR count). The van der Waals surface area contributed by atoms with Gasteiger partial charge in [-0.3, -0.25) is 19.5 Å². The van der Waals surface area contributed by atoms with Crippen molar-refractivity contribution in [1.82, 2.24) is 4.98 Å². The predicted octanol–water partition coefficient (Wildman–Crippen LogP) is 6.98. The van der Waals surface area contributed by atoms with Gasteiger partial charge in [-0.2, -0.15) is 5.10 Å². The first-order valence-corrected chi connectivity index (χ1v) is 13.8. The highest BCUT2D eigenvalue weighted by atomic mass is 32.2. The fourth-order valence-electron chi connectivity index (χ4n) is 4.39. The van der Waals surface area contributed by atoms with Crippen LogP contribution in [0.3, 0.4) is 0 Å². The summed E-state index contributed by atoms with van der Waals surface area (Å²) in [6.45, 7) is 4.14. The molecule has 4 aromatic rings. The molecule has 0 atom stereocenters. The quantitative estimate of drug-likeness (QED) is 0.185. The van der Waals surface area contributed by atoms with Crippen LogP contribution in [0.15, 0.2) is 89.2 Å². The third-order valence-electron chi connectivity index (χ3n) is 6.26. The average Bonchev–Trinajstić information content (AvgIpc) is 3.32. The van der Waals surface area contributed by atoms with Crippen molar-refractivity contribution in [2.45, 2.75) is 26.1 Å². The average molecular weight is 592 g/mol. The van der Waals surface area contributed by atoms with E-state index >= 15 is 0 Å². The van der Waals surface area contributed by atoms with Gasteiger partial charge in [0.2, 0.25) is 5.91 Å². The van der Waals surface area contributed by atoms with Gasteiger partial charge in [0.25, 0.3) is 5.91 Å². The highest BCUT2D eigenvalue weighted by Gasteiger charge is 2.32. The summed E-state index contributed by atoms with van der Waals surface area (Å²) in [6.07, 6.45) is -1.75. The van der Waals surface area contributed by atoms with Crippen LogP contribution in [0.4, 0.5) is 24.5 Å². The molecular weight excluding hydrogens is 567 g/mol. The van der Waals surface area contributed by atoms with Gasteiger partial charge >= 0.3 is 6.36 Å². The predicted molar refractivity (Wildman–Crippen MR) is 158 cm³/mol. The maximum Gasteiger partial charge on any atom is 0.573 e. The van der Waals surface area contributed by atoms with E-state index < -0.39 is 18.0 Å². The summed E-state index contributed by atoms with van der Waals surface area (Å²) >= 11 is 1.32. The van der Waals surface area contributed by atoms with Crippen molar-refractivity contribution < 1.29 is 27.5 Å². The lowest BCUT2D eigenvalue weighted by atomic mass is 10.0. The first-order chi connectivity index (χ1) is 20.1. The summed E-state index contributed by atoms with van der Waals surface area (Å²) < 4.78 is 41.0. The Morgan fingerprint density at radius 3 is 2.60 bits per heavy atom. The van der Waals surface area contributed by atoms with Crippen LogP contribution in [0, 0.1) is 0 Å². The number of aromatic nitrogens is 1. The molecule has 3 aromatic carbocycles. The Kier molecular flexibility index (Phi) is 8.25. The second-order valence-electron chi connectivity index (χ2n) is 9.52. The van der Waals surface area contributed by atoms with Crippen molar-refractivity contribution in [3.8, 4) is 5.75 Å². The molecule has 1 aliphatic rings. The van der Waals surface area contributed by atoms with Crippen LogP contribution in [-0.2, 0) is 4.79 Å². The standard InChI is InChI=1S/C30H24F3N5O3S/c1-18(2)23-5-3-4-6-25(23)38-26(39)17-42-29(38)37-35-16-19-7-12-24-20(15-19)13-14-34-27(24)28(40)36-21-8-10-22(11-9-21)41-30(31,32)33/h3-16,18H,17H2,1-2H3,(H,36,40)/b35-16+,37-29-. The van der Waals surface area contributed by atoms with Crippen molar-refractivity contribution >= 4 is 57.1 Å². The second-order valence-corrected chi connectivity index (χ2v) is 10.5. The molecule has 0 saturated carbocycles. The molecule has 0 aliphatic carbocycles. The first kappa shape index (κ1) is 28.8. The zero-order valence-corrected chi connectivity index (χ0v) is 23.2. The number of thioether (sulfide) groups is 1. The number of halogens is 3. The number of carbonyl (C=O) groups is 2. The molecule has 1 saturated heterocycles. The van der Waals surface area contributed by atoms with E-state index in [1.807, 2.05) is 30.3 Å². The first-order valence-electron chi connectivity index (χ1n) is 12.8. The monoisotopic (exact) mass is 591 g/mol. The molecule has 214 valence electrons. The summed E-state index contributed by atoms with van der Waals surface area (Å²) in [6, 6.07) is 19.6. The lowest BCUT2D eigenvalue weighted by molar-refractivity contribution is -0.274. The smallest absolute Gasteiger partial charge is 0.406 e. The molecule has 0 unspecified atom stereocenters. The third-order valence-corrected chi connectivity index (χ3v) is 7.18. The molecular formula is C30H24F3N5O3S. The number of amidine groups is 1. The van der Waals surface area contributed by atoms with Crippen LogP contribution in [-0.4, -0.2) is 40.3 Å². The van der Waals surface area contributed by atoms with Crippen molar-refractivity contribution in [3.05, 3.63) is 95.8 Å². The number of amides is 2. The topological polar surface area (TPSA) is 96.2 Å². The van der Waals surface area contributed by atoms with Crippen LogP contribution in [0.2, 0.25) is 0 Å². The minimum atomic E-state index is -4.80. The van der Waals surface area contributed by atoms with Crippen molar-refractivity contribution in [3.63, 3.8) is 0 Å². The molecule has 1 aliphatic heterocycles. The summed E-state index contributed by atoms with van der Waals surface area (Å²) in [4.78, 5) is 31.4. The Hall–Kier alpha value is -4.71. The number of hydrogen-bond acceptors (Lipinski definition) is 7. The molecule has 1 aromatic heterocycles. The van der Waals surface area contributed by atoms with E-state index in [0.717, 1.165) is 28.8 Å². The molecule has 0 bridgehead atoms. The zero-order chi connectivity index (χ0) is 29.9. The molecule has 8 nitrogen and oxygen atoms in total. The van der Waals surface area contributed by atoms with Gasteiger partial charge in [0.05, 0.1) is 17.7 Å². The van der Waals surface area contributed by atoms with E-state index in [1.54, 1.807) is 29.3 Å². The number of alkyl halides is 3. The summed E-state index contributed by atoms with van der Waals surface area (Å²) in [7, 11) is 0. The molecule has 42 heavy (non-hydrogen) atoms. The van der Waals surface area contributed by atoms with Crippen molar-refractivity contribution in [2.75, 3.05) is 16.0 Å². The normalized spacial score (nSPS) is 14.9. The zero-order valence-electron chi connectivity index (χ0n) is 22.4. The van der Waals surface area contributed by atoms with E-state index in [4.69, 9.17) is 0 Å². The maximum atomic E-state index is 12.9. The van der Waals surface area contributed by atoms with Gasteiger partial charge in [0.15, 0.2) is 5.17 Å². The minimum absolute atomic E-state index is 0.0587. The highest BCUT2D eigenvalue weighted by molar-refractivity contribution is 8.15. The van der Waals surface area contributed by atoms with Gasteiger partial charge in [-0.1, -0.05) is 55.9 Å². The SMILES string of the molecule is CC(C)c1ccccc1N1C(=O)CS/C1=N\N=C\c1ccc2c(C(=O)Nc3ccc(OC(F)(F)F)cc3)nccc2c1. The van der Waals surface area contributed by atoms with Crippen molar-refractivity contribution in [2.24, 2.45) is 10.2 Å². The van der Waals surface area contributed by atoms with Gasteiger partial charge in [-0.15, -0.1) is 18.3 Å².